The molecule has 0 unspecified atom stereocenters. The number of carbonyl (C=O) groups is 1. The van der Waals surface area contributed by atoms with Crippen LogP contribution in [0, 0.1) is 0 Å². The van der Waals surface area contributed by atoms with Crippen molar-refractivity contribution >= 4 is 23.4 Å². The largest absolute Gasteiger partial charge is 0.379 e. The van der Waals surface area contributed by atoms with E-state index in [1.807, 2.05) is 4.90 Å². The highest BCUT2D eigenvalue weighted by Gasteiger charge is 2.24. The number of H-pyrrole nitrogens is 1. The number of hydrogen-bond acceptors (Lipinski definition) is 8. The van der Waals surface area contributed by atoms with Crippen LogP contribution in [0.1, 0.15) is 12.8 Å². The van der Waals surface area contributed by atoms with Crippen LogP contribution >= 0.6 is 0 Å². The van der Waals surface area contributed by atoms with Crippen molar-refractivity contribution in [1.82, 2.24) is 20.2 Å². The van der Waals surface area contributed by atoms with Crippen molar-refractivity contribution < 1.29 is 9.53 Å². The number of ether oxygens (including phenoxy) is 1. The molecule has 2 aliphatic rings. The SMILES string of the molecule is Nc1nc2c(c(=O)[nH]1)NCN2CCC(=O)NCCCN1CCOCC1. The molecule has 1 amide bonds. The highest BCUT2D eigenvalue weighted by Crippen LogP contribution is 2.25. The summed E-state index contributed by atoms with van der Waals surface area (Å²) in [6.07, 6.45) is 1.26. The Morgan fingerprint density at radius 1 is 1.32 bits per heavy atom. The molecule has 10 heteroatoms. The third-order valence-electron chi connectivity index (χ3n) is 4.35. The first kappa shape index (κ1) is 17.5. The molecule has 0 saturated carbocycles. The second kappa shape index (κ2) is 8.17. The highest BCUT2D eigenvalue weighted by atomic mass is 16.5. The third kappa shape index (κ3) is 4.60. The summed E-state index contributed by atoms with van der Waals surface area (Å²) in [5, 5.41) is 5.91. The van der Waals surface area contributed by atoms with Crippen LogP contribution in [0.4, 0.5) is 17.5 Å². The van der Waals surface area contributed by atoms with Gasteiger partial charge in [-0.25, -0.2) is 0 Å². The van der Waals surface area contributed by atoms with E-state index in [0.717, 1.165) is 39.3 Å². The van der Waals surface area contributed by atoms with Gasteiger partial charge in [-0.05, 0) is 13.0 Å². The van der Waals surface area contributed by atoms with Crippen molar-refractivity contribution in [2.45, 2.75) is 12.8 Å². The Bertz CT molecular complexity index is 657. The molecule has 1 saturated heterocycles. The van der Waals surface area contributed by atoms with Crippen LogP contribution in [0.5, 0.6) is 0 Å². The van der Waals surface area contributed by atoms with E-state index in [9.17, 15) is 9.59 Å². The summed E-state index contributed by atoms with van der Waals surface area (Å²) in [6.45, 7) is 6.06. The number of hydrogen-bond donors (Lipinski definition) is 4. The molecule has 10 nitrogen and oxygen atoms in total. The molecule has 3 heterocycles. The summed E-state index contributed by atoms with van der Waals surface area (Å²) in [5.41, 5.74) is 5.69. The van der Waals surface area contributed by atoms with Crippen molar-refractivity contribution in [3.8, 4) is 0 Å². The summed E-state index contributed by atoms with van der Waals surface area (Å²) >= 11 is 0. The van der Waals surface area contributed by atoms with E-state index in [4.69, 9.17) is 10.5 Å². The van der Waals surface area contributed by atoms with Crippen LogP contribution in [-0.2, 0) is 9.53 Å². The first-order chi connectivity index (χ1) is 12.1. The first-order valence-electron chi connectivity index (χ1n) is 8.59. The average molecular weight is 351 g/mol. The number of amides is 1. The lowest BCUT2D eigenvalue weighted by atomic mass is 10.3. The second-order valence-electron chi connectivity index (χ2n) is 6.16. The number of nitrogen functional groups attached to an aromatic ring is 1. The number of rotatable bonds is 7. The normalized spacial score (nSPS) is 17.2. The van der Waals surface area contributed by atoms with Gasteiger partial charge in [0.15, 0.2) is 5.82 Å². The molecule has 5 N–H and O–H groups in total. The zero-order valence-corrected chi connectivity index (χ0v) is 14.2. The Labute approximate surface area is 145 Å². The number of carbonyl (C=O) groups excluding carboxylic acids is 1. The molecule has 1 aromatic rings. The highest BCUT2D eigenvalue weighted by molar-refractivity contribution is 5.77. The molecule has 0 spiro atoms. The zero-order valence-electron chi connectivity index (χ0n) is 14.2. The van der Waals surface area contributed by atoms with Gasteiger partial charge in [0, 0.05) is 32.6 Å². The Morgan fingerprint density at radius 3 is 2.92 bits per heavy atom. The first-order valence-corrected chi connectivity index (χ1v) is 8.59. The van der Waals surface area contributed by atoms with Crippen LogP contribution in [0.25, 0.3) is 0 Å². The molecule has 0 aliphatic carbocycles. The van der Waals surface area contributed by atoms with E-state index in [1.54, 1.807) is 0 Å². The number of nitrogens with two attached hydrogens (primary N) is 1. The Balaban J connectivity index is 1.37. The predicted octanol–water partition coefficient (Wildman–Crippen LogP) is -1.23. The van der Waals surface area contributed by atoms with Gasteiger partial charge < -0.3 is 26.0 Å². The summed E-state index contributed by atoms with van der Waals surface area (Å²) in [6, 6.07) is 0. The lowest BCUT2D eigenvalue weighted by Crippen LogP contribution is -2.38. The molecule has 25 heavy (non-hydrogen) atoms. The van der Waals surface area contributed by atoms with E-state index < -0.39 is 0 Å². The van der Waals surface area contributed by atoms with E-state index in [0.29, 0.717) is 37.7 Å². The van der Waals surface area contributed by atoms with Crippen LogP contribution < -0.4 is 26.8 Å². The van der Waals surface area contributed by atoms with E-state index >= 15 is 0 Å². The Morgan fingerprint density at radius 2 is 2.12 bits per heavy atom. The molecule has 0 aromatic carbocycles. The van der Waals surface area contributed by atoms with Gasteiger partial charge in [-0.3, -0.25) is 19.5 Å². The van der Waals surface area contributed by atoms with Crippen molar-refractivity contribution in [3.63, 3.8) is 0 Å². The molecular formula is C15H25N7O3. The summed E-state index contributed by atoms with van der Waals surface area (Å²) in [7, 11) is 0. The molecule has 138 valence electrons. The number of aromatic nitrogens is 2. The Hall–Kier alpha value is -2.33. The quantitative estimate of drug-likeness (QED) is 0.450. The summed E-state index contributed by atoms with van der Waals surface area (Å²) in [5.74, 6) is 0.569. The van der Waals surface area contributed by atoms with Crippen LogP contribution in [0.2, 0.25) is 0 Å². The summed E-state index contributed by atoms with van der Waals surface area (Å²) in [4.78, 5) is 34.5. The monoisotopic (exact) mass is 351 g/mol. The molecule has 0 radical (unpaired) electrons. The topological polar surface area (TPSA) is 129 Å². The molecule has 1 aromatic heterocycles. The minimum absolute atomic E-state index is 0.00626. The van der Waals surface area contributed by atoms with Crippen molar-refractivity contribution in [2.24, 2.45) is 0 Å². The number of anilines is 3. The molecule has 2 aliphatic heterocycles. The van der Waals surface area contributed by atoms with Gasteiger partial charge in [-0.1, -0.05) is 0 Å². The smallest absolute Gasteiger partial charge is 0.277 e. The lowest BCUT2D eigenvalue weighted by molar-refractivity contribution is -0.120. The minimum Gasteiger partial charge on any atom is -0.379 e. The molecule has 1 fully saturated rings. The zero-order chi connectivity index (χ0) is 17.6. The number of aromatic amines is 1. The maximum atomic E-state index is 12.0. The predicted molar refractivity (Wildman–Crippen MR) is 94.6 cm³/mol. The van der Waals surface area contributed by atoms with Crippen molar-refractivity contribution in [1.29, 1.82) is 0 Å². The molecule has 0 bridgehead atoms. The summed E-state index contributed by atoms with van der Waals surface area (Å²) < 4.78 is 5.31. The van der Waals surface area contributed by atoms with Gasteiger partial charge in [0.05, 0.1) is 19.9 Å². The van der Waals surface area contributed by atoms with Crippen LogP contribution in [0.3, 0.4) is 0 Å². The average Bonchev–Trinajstić information content (AvgIpc) is 3.01. The second-order valence-corrected chi connectivity index (χ2v) is 6.16. The number of morpholine rings is 1. The van der Waals surface area contributed by atoms with Gasteiger partial charge in [0.25, 0.3) is 5.56 Å². The van der Waals surface area contributed by atoms with Gasteiger partial charge in [0.2, 0.25) is 11.9 Å². The van der Waals surface area contributed by atoms with Gasteiger partial charge >= 0.3 is 0 Å². The maximum absolute atomic E-state index is 12.0. The van der Waals surface area contributed by atoms with E-state index in [1.165, 1.54) is 0 Å². The molecule has 3 rings (SSSR count). The fraction of sp³-hybridized carbons (Fsp3) is 0.667. The minimum atomic E-state index is -0.294. The lowest BCUT2D eigenvalue weighted by Gasteiger charge is -2.26. The third-order valence-corrected chi connectivity index (χ3v) is 4.35. The standard InChI is InChI=1S/C15H25N7O3/c16-15-19-13-12(14(24)20-15)18-10-22(13)5-2-11(23)17-3-1-4-21-6-8-25-9-7-21/h18H,1-10H2,(H,17,23)(H3,16,19,20,24). The van der Waals surface area contributed by atoms with Gasteiger partial charge in [0.1, 0.15) is 5.69 Å². The van der Waals surface area contributed by atoms with E-state index in [-0.39, 0.29) is 17.4 Å². The fourth-order valence-corrected chi connectivity index (χ4v) is 2.98. The van der Waals surface area contributed by atoms with Crippen molar-refractivity contribution in [2.75, 3.05) is 68.6 Å². The Kier molecular flexibility index (Phi) is 5.71. The fourth-order valence-electron chi connectivity index (χ4n) is 2.98. The van der Waals surface area contributed by atoms with Gasteiger partial charge in [-0.15, -0.1) is 0 Å². The maximum Gasteiger partial charge on any atom is 0.277 e. The van der Waals surface area contributed by atoms with E-state index in [2.05, 4.69) is 25.5 Å². The molecule has 0 atom stereocenters. The van der Waals surface area contributed by atoms with Crippen molar-refractivity contribution in [3.05, 3.63) is 10.4 Å². The van der Waals surface area contributed by atoms with Gasteiger partial charge in [-0.2, -0.15) is 4.98 Å². The van der Waals surface area contributed by atoms with Crippen LogP contribution in [-0.4, -0.2) is 73.4 Å². The number of nitrogens with zero attached hydrogens (tertiary/aromatic N) is 3. The number of nitrogens with one attached hydrogen (secondary N) is 3. The number of fused-ring (bicyclic) bond motifs is 1. The molecular weight excluding hydrogens is 326 g/mol. The van der Waals surface area contributed by atoms with Crippen LogP contribution in [0.15, 0.2) is 4.79 Å².